The van der Waals surface area contributed by atoms with Gasteiger partial charge in [0, 0.05) is 12.3 Å². The van der Waals surface area contributed by atoms with E-state index in [9.17, 15) is 4.79 Å². The van der Waals surface area contributed by atoms with E-state index in [0.717, 1.165) is 0 Å². The number of rotatable bonds is 5. The van der Waals surface area contributed by atoms with Crippen LogP contribution in [0.3, 0.4) is 0 Å². The Labute approximate surface area is 94.1 Å². The SMILES string of the molecule is CCOCOc1ccc(N)cc1C(=O)OC. The minimum Gasteiger partial charge on any atom is -0.467 e. The van der Waals surface area contributed by atoms with Gasteiger partial charge in [-0.25, -0.2) is 4.79 Å². The summed E-state index contributed by atoms with van der Waals surface area (Å²) in [5.74, 6) is -0.0895. The van der Waals surface area contributed by atoms with E-state index in [4.69, 9.17) is 15.2 Å². The van der Waals surface area contributed by atoms with E-state index in [1.807, 2.05) is 6.92 Å². The van der Waals surface area contributed by atoms with Crippen molar-refractivity contribution >= 4 is 11.7 Å². The van der Waals surface area contributed by atoms with Gasteiger partial charge in [0.25, 0.3) is 0 Å². The van der Waals surface area contributed by atoms with E-state index >= 15 is 0 Å². The summed E-state index contributed by atoms with van der Waals surface area (Å²) in [5.41, 5.74) is 6.35. The van der Waals surface area contributed by atoms with Gasteiger partial charge in [-0.2, -0.15) is 0 Å². The van der Waals surface area contributed by atoms with Crippen LogP contribution in [0.15, 0.2) is 18.2 Å². The number of nitrogen functional groups attached to an aromatic ring is 1. The standard InChI is InChI=1S/C11H15NO4/c1-3-15-7-16-10-5-4-8(12)6-9(10)11(13)14-2/h4-6H,3,7,12H2,1-2H3. The fourth-order valence-electron chi connectivity index (χ4n) is 1.13. The number of carbonyl (C=O) groups is 1. The van der Waals surface area contributed by atoms with Crippen LogP contribution in [0, 0.1) is 0 Å². The van der Waals surface area contributed by atoms with Gasteiger partial charge < -0.3 is 19.9 Å². The molecular formula is C11H15NO4. The summed E-state index contributed by atoms with van der Waals surface area (Å²) in [7, 11) is 1.30. The first kappa shape index (κ1) is 12.3. The Morgan fingerprint density at radius 1 is 1.44 bits per heavy atom. The minimum atomic E-state index is -0.487. The quantitative estimate of drug-likeness (QED) is 0.355. The molecule has 0 atom stereocenters. The smallest absolute Gasteiger partial charge is 0.341 e. The highest BCUT2D eigenvalue weighted by Gasteiger charge is 2.13. The van der Waals surface area contributed by atoms with E-state index in [1.165, 1.54) is 13.2 Å². The molecule has 88 valence electrons. The van der Waals surface area contributed by atoms with E-state index in [-0.39, 0.29) is 6.79 Å². The van der Waals surface area contributed by atoms with Gasteiger partial charge in [0.1, 0.15) is 11.3 Å². The first-order valence-corrected chi connectivity index (χ1v) is 4.87. The van der Waals surface area contributed by atoms with Gasteiger partial charge in [0.15, 0.2) is 6.79 Å². The van der Waals surface area contributed by atoms with Gasteiger partial charge in [0.2, 0.25) is 0 Å². The van der Waals surface area contributed by atoms with Gasteiger partial charge in [-0.15, -0.1) is 0 Å². The average molecular weight is 225 g/mol. The Morgan fingerprint density at radius 2 is 2.19 bits per heavy atom. The van der Waals surface area contributed by atoms with Crippen molar-refractivity contribution < 1.29 is 19.0 Å². The molecular weight excluding hydrogens is 210 g/mol. The molecule has 2 N–H and O–H groups in total. The molecule has 1 aromatic rings. The second kappa shape index (κ2) is 5.97. The molecule has 0 saturated carbocycles. The number of esters is 1. The summed E-state index contributed by atoms with van der Waals surface area (Å²) in [4.78, 5) is 11.4. The summed E-state index contributed by atoms with van der Waals surface area (Å²) in [6, 6.07) is 4.77. The highest BCUT2D eigenvalue weighted by Crippen LogP contribution is 2.22. The van der Waals surface area contributed by atoms with Crippen LogP contribution < -0.4 is 10.5 Å². The van der Waals surface area contributed by atoms with E-state index in [0.29, 0.717) is 23.6 Å². The molecule has 0 aliphatic carbocycles. The van der Waals surface area contributed by atoms with E-state index < -0.39 is 5.97 Å². The second-order valence-electron chi connectivity index (χ2n) is 3.00. The highest BCUT2D eigenvalue weighted by atomic mass is 16.7. The third kappa shape index (κ3) is 3.13. The molecule has 0 heterocycles. The Kier molecular flexibility index (Phi) is 4.60. The maximum Gasteiger partial charge on any atom is 0.341 e. The average Bonchev–Trinajstić information content (AvgIpc) is 2.30. The Balaban J connectivity index is 2.85. The molecule has 0 bridgehead atoms. The van der Waals surface area contributed by atoms with Crippen molar-refractivity contribution in [3.8, 4) is 5.75 Å². The minimum absolute atomic E-state index is 0.0877. The predicted molar refractivity (Wildman–Crippen MR) is 59.3 cm³/mol. The predicted octanol–water partition coefficient (Wildman–Crippen LogP) is 1.43. The fraction of sp³-hybridized carbons (Fsp3) is 0.364. The maximum absolute atomic E-state index is 11.4. The molecule has 0 fully saturated rings. The number of ether oxygens (including phenoxy) is 3. The van der Waals surface area contributed by atoms with Crippen LogP contribution in [0.25, 0.3) is 0 Å². The zero-order valence-corrected chi connectivity index (χ0v) is 9.36. The molecule has 0 aliphatic rings. The van der Waals surface area contributed by atoms with Crippen LogP contribution >= 0.6 is 0 Å². The molecule has 16 heavy (non-hydrogen) atoms. The lowest BCUT2D eigenvalue weighted by molar-refractivity contribution is 0.0210. The summed E-state index contributed by atoms with van der Waals surface area (Å²) < 4.78 is 14.9. The normalized spacial score (nSPS) is 9.88. The van der Waals surface area contributed by atoms with Crippen molar-refractivity contribution in [1.82, 2.24) is 0 Å². The summed E-state index contributed by atoms with van der Waals surface area (Å²) in [6.07, 6.45) is 0. The second-order valence-corrected chi connectivity index (χ2v) is 3.00. The van der Waals surface area contributed by atoms with Crippen LogP contribution in [0.2, 0.25) is 0 Å². The van der Waals surface area contributed by atoms with Crippen molar-refractivity contribution in [2.45, 2.75) is 6.92 Å². The first-order valence-electron chi connectivity index (χ1n) is 4.87. The zero-order chi connectivity index (χ0) is 12.0. The van der Waals surface area contributed by atoms with Crippen LogP contribution in [-0.2, 0) is 9.47 Å². The number of methoxy groups -OCH3 is 1. The third-order valence-corrected chi connectivity index (χ3v) is 1.91. The van der Waals surface area contributed by atoms with Crippen molar-refractivity contribution in [3.63, 3.8) is 0 Å². The van der Waals surface area contributed by atoms with Gasteiger partial charge >= 0.3 is 5.97 Å². The lowest BCUT2D eigenvalue weighted by atomic mass is 10.2. The molecule has 0 aromatic heterocycles. The monoisotopic (exact) mass is 225 g/mol. The van der Waals surface area contributed by atoms with Gasteiger partial charge in [-0.1, -0.05) is 0 Å². The number of anilines is 1. The Hall–Kier alpha value is -1.75. The number of hydrogen-bond donors (Lipinski definition) is 1. The highest BCUT2D eigenvalue weighted by molar-refractivity contribution is 5.93. The van der Waals surface area contributed by atoms with Crippen LogP contribution in [0.1, 0.15) is 17.3 Å². The van der Waals surface area contributed by atoms with E-state index in [2.05, 4.69) is 4.74 Å². The molecule has 5 heteroatoms. The van der Waals surface area contributed by atoms with Gasteiger partial charge in [-0.3, -0.25) is 0 Å². The van der Waals surface area contributed by atoms with Crippen LogP contribution in [0.4, 0.5) is 5.69 Å². The lowest BCUT2D eigenvalue weighted by Crippen LogP contribution is -2.09. The number of hydrogen-bond acceptors (Lipinski definition) is 5. The molecule has 0 saturated heterocycles. The zero-order valence-electron chi connectivity index (χ0n) is 9.36. The lowest BCUT2D eigenvalue weighted by Gasteiger charge is -2.10. The van der Waals surface area contributed by atoms with Crippen molar-refractivity contribution in [2.75, 3.05) is 26.2 Å². The van der Waals surface area contributed by atoms with E-state index in [1.54, 1.807) is 12.1 Å². The number of nitrogens with two attached hydrogens (primary N) is 1. The molecule has 0 amide bonds. The number of carbonyl (C=O) groups excluding carboxylic acids is 1. The molecule has 0 spiro atoms. The molecule has 0 aliphatic heterocycles. The first-order chi connectivity index (χ1) is 7.69. The Morgan fingerprint density at radius 3 is 2.81 bits per heavy atom. The number of benzene rings is 1. The maximum atomic E-state index is 11.4. The molecule has 5 nitrogen and oxygen atoms in total. The van der Waals surface area contributed by atoms with Gasteiger partial charge in [-0.05, 0) is 25.1 Å². The molecule has 1 rings (SSSR count). The van der Waals surface area contributed by atoms with Gasteiger partial charge in [0.05, 0.1) is 7.11 Å². The summed E-state index contributed by atoms with van der Waals surface area (Å²) in [5, 5.41) is 0. The Bertz CT molecular complexity index is 365. The van der Waals surface area contributed by atoms with Crippen LogP contribution in [-0.4, -0.2) is 26.5 Å². The third-order valence-electron chi connectivity index (χ3n) is 1.91. The summed E-state index contributed by atoms with van der Waals surface area (Å²) >= 11 is 0. The molecule has 0 unspecified atom stereocenters. The molecule has 1 aromatic carbocycles. The van der Waals surface area contributed by atoms with Crippen molar-refractivity contribution in [2.24, 2.45) is 0 Å². The topological polar surface area (TPSA) is 70.8 Å². The summed E-state index contributed by atoms with van der Waals surface area (Å²) in [6.45, 7) is 2.49. The molecule has 0 radical (unpaired) electrons. The van der Waals surface area contributed by atoms with Crippen molar-refractivity contribution in [1.29, 1.82) is 0 Å². The largest absolute Gasteiger partial charge is 0.467 e. The van der Waals surface area contributed by atoms with Crippen molar-refractivity contribution in [3.05, 3.63) is 23.8 Å². The van der Waals surface area contributed by atoms with Crippen LogP contribution in [0.5, 0.6) is 5.75 Å². The fourth-order valence-corrected chi connectivity index (χ4v) is 1.13.